The van der Waals surface area contributed by atoms with Crippen LogP contribution in [0.15, 0.2) is 83.9 Å². The minimum absolute atomic E-state index is 0.112. The molecule has 0 spiro atoms. The quantitative estimate of drug-likeness (QED) is 0.175. The first-order valence-corrected chi connectivity index (χ1v) is 14.6. The third-order valence-corrected chi connectivity index (χ3v) is 9.34. The summed E-state index contributed by atoms with van der Waals surface area (Å²) in [5.74, 6) is 0.466. The van der Waals surface area contributed by atoms with Crippen molar-refractivity contribution in [2.75, 3.05) is 5.32 Å². The van der Waals surface area contributed by atoms with E-state index in [0.717, 1.165) is 51.9 Å². The Bertz CT molecular complexity index is 1670. The number of carbonyl (C=O) groups is 1. The summed E-state index contributed by atoms with van der Waals surface area (Å²) in [7, 11) is 0. The number of aliphatic imine (C=N–C) groups is 1. The maximum atomic E-state index is 13.8. The van der Waals surface area contributed by atoms with Gasteiger partial charge in [0.05, 0.1) is 5.56 Å². The van der Waals surface area contributed by atoms with Crippen molar-refractivity contribution in [2.45, 2.75) is 40.0 Å². The lowest BCUT2D eigenvalue weighted by Crippen LogP contribution is -2.27. The summed E-state index contributed by atoms with van der Waals surface area (Å²) in [6, 6.07) is 26.3. The van der Waals surface area contributed by atoms with Crippen LogP contribution in [-0.4, -0.2) is 12.1 Å². The average molecular weight is 551 g/mol. The molecule has 0 unspecified atom stereocenters. The molecular weight excluding hydrogens is 520 g/mol. The molecule has 196 valence electrons. The number of fused-ring (bicyclic) bond motifs is 3. The summed E-state index contributed by atoms with van der Waals surface area (Å²) < 4.78 is 0. The summed E-state index contributed by atoms with van der Waals surface area (Å²) >= 11 is 7.74. The summed E-state index contributed by atoms with van der Waals surface area (Å²) in [6.45, 7) is 6.94. The minimum atomic E-state index is -0.112. The fraction of sp³-hybridized carbons (Fsp3) is 0.235. The minimum Gasteiger partial charge on any atom is -0.322 e. The molecule has 0 bridgehead atoms. The summed E-state index contributed by atoms with van der Waals surface area (Å²) in [6.07, 6.45) is 4.91. The average Bonchev–Trinajstić information content (AvgIpc) is 3.29. The Hall–Kier alpha value is -3.47. The Morgan fingerprint density at radius 2 is 1.62 bits per heavy atom. The van der Waals surface area contributed by atoms with Gasteiger partial charge in [0.1, 0.15) is 5.00 Å². The third kappa shape index (κ3) is 5.11. The molecule has 1 amide bonds. The van der Waals surface area contributed by atoms with E-state index < -0.39 is 0 Å². The number of nitrogens with zero attached hydrogens (tertiary/aromatic N) is 1. The van der Waals surface area contributed by atoms with Crippen molar-refractivity contribution in [1.82, 2.24) is 0 Å². The van der Waals surface area contributed by atoms with E-state index in [-0.39, 0.29) is 11.3 Å². The smallest absolute Gasteiger partial charge is 0.259 e. The molecule has 39 heavy (non-hydrogen) atoms. The monoisotopic (exact) mass is 550 g/mol. The molecule has 3 nitrogen and oxygen atoms in total. The Morgan fingerprint density at radius 1 is 0.974 bits per heavy atom. The number of benzene rings is 4. The van der Waals surface area contributed by atoms with Gasteiger partial charge in [0.15, 0.2) is 0 Å². The highest BCUT2D eigenvalue weighted by Gasteiger charge is 2.33. The lowest BCUT2D eigenvalue weighted by molar-refractivity contribution is 0.102. The molecule has 5 aromatic rings. The molecule has 5 heteroatoms. The van der Waals surface area contributed by atoms with Gasteiger partial charge in [-0.25, -0.2) is 4.99 Å². The zero-order chi connectivity index (χ0) is 27.1. The first-order chi connectivity index (χ1) is 18.8. The number of thiophene rings is 1. The molecule has 0 aliphatic heterocycles. The molecule has 0 radical (unpaired) electrons. The van der Waals surface area contributed by atoms with Crippen molar-refractivity contribution in [2.24, 2.45) is 16.3 Å². The van der Waals surface area contributed by atoms with Crippen LogP contribution in [0.3, 0.4) is 0 Å². The second-order valence-corrected chi connectivity index (χ2v) is 13.0. The van der Waals surface area contributed by atoms with Gasteiger partial charge in [0.25, 0.3) is 5.91 Å². The molecule has 1 N–H and O–H groups in total. The number of anilines is 1. The SMILES string of the molecule is CC(C)(C)[C@H]1CCc2c(sc(N=Cc3c4ccccc4cc4ccccc34)c2C(=O)Nc2ccc(Cl)cc2)C1. The van der Waals surface area contributed by atoms with Crippen LogP contribution in [-0.2, 0) is 12.8 Å². The Kier molecular flexibility index (Phi) is 6.78. The molecular formula is C34H31ClN2OS. The van der Waals surface area contributed by atoms with Crippen LogP contribution < -0.4 is 5.32 Å². The fourth-order valence-electron chi connectivity index (χ4n) is 5.67. The van der Waals surface area contributed by atoms with Gasteiger partial charge in [-0.05, 0) is 88.0 Å². The lowest BCUT2D eigenvalue weighted by Gasteiger charge is -2.33. The van der Waals surface area contributed by atoms with Crippen molar-refractivity contribution < 1.29 is 4.79 Å². The van der Waals surface area contributed by atoms with E-state index in [1.54, 1.807) is 23.5 Å². The molecule has 1 aliphatic carbocycles. The standard InChI is InChI=1S/C34H31ClN2OS/c1-34(2,3)23-12-17-28-30(19-23)39-33(31(28)32(38)37-25-15-13-24(35)14-16-25)36-20-29-26-10-6-4-8-21(26)18-22-9-5-7-11-27(22)29/h4-11,13-16,18,20,23H,12,17,19H2,1-3H3,(H,37,38)/t23-/m0/s1. The fourth-order valence-corrected chi connectivity index (χ4v) is 7.07. The molecule has 0 saturated heterocycles. The number of halogens is 1. The van der Waals surface area contributed by atoms with Crippen molar-refractivity contribution in [3.8, 4) is 0 Å². The second kappa shape index (κ2) is 10.3. The number of amides is 1. The number of hydrogen-bond donors (Lipinski definition) is 1. The summed E-state index contributed by atoms with van der Waals surface area (Å²) in [5.41, 5.74) is 3.88. The molecule has 4 aromatic carbocycles. The normalized spacial score (nSPS) is 15.6. The van der Waals surface area contributed by atoms with Crippen molar-refractivity contribution in [1.29, 1.82) is 0 Å². The van der Waals surface area contributed by atoms with E-state index in [2.05, 4.69) is 80.7 Å². The van der Waals surface area contributed by atoms with Crippen molar-refractivity contribution in [3.63, 3.8) is 0 Å². The third-order valence-electron chi connectivity index (χ3n) is 7.92. The van der Waals surface area contributed by atoms with Crippen LogP contribution in [0.25, 0.3) is 21.5 Å². The highest BCUT2D eigenvalue weighted by atomic mass is 35.5. The zero-order valence-corrected chi connectivity index (χ0v) is 24.0. The van der Waals surface area contributed by atoms with Gasteiger partial charge in [-0.1, -0.05) is 80.9 Å². The predicted octanol–water partition coefficient (Wildman–Crippen LogP) is 9.86. The van der Waals surface area contributed by atoms with Gasteiger partial charge in [-0.15, -0.1) is 11.3 Å². The topological polar surface area (TPSA) is 41.5 Å². The van der Waals surface area contributed by atoms with Gasteiger partial charge in [-0.3, -0.25) is 4.79 Å². The predicted molar refractivity (Wildman–Crippen MR) is 167 cm³/mol. The molecule has 1 aliphatic rings. The molecule has 1 heterocycles. The molecule has 1 atom stereocenters. The molecule has 0 saturated carbocycles. The number of carbonyl (C=O) groups excluding carboxylic acids is 1. The van der Waals surface area contributed by atoms with Gasteiger partial charge >= 0.3 is 0 Å². The van der Waals surface area contributed by atoms with E-state index in [9.17, 15) is 4.79 Å². The Morgan fingerprint density at radius 3 is 2.26 bits per heavy atom. The van der Waals surface area contributed by atoms with E-state index in [0.29, 0.717) is 16.5 Å². The number of rotatable bonds is 4. The maximum Gasteiger partial charge on any atom is 0.259 e. The van der Waals surface area contributed by atoms with Crippen LogP contribution in [0.1, 0.15) is 53.6 Å². The molecule has 1 aromatic heterocycles. The highest BCUT2D eigenvalue weighted by molar-refractivity contribution is 7.16. The zero-order valence-electron chi connectivity index (χ0n) is 22.4. The lowest BCUT2D eigenvalue weighted by atomic mass is 9.72. The van der Waals surface area contributed by atoms with E-state index in [4.69, 9.17) is 16.6 Å². The first kappa shape index (κ1) is 25.8. The van der Waals surface area contributed by atoms with Gasteiger partial charge in [0.2, 0.25) is 0 Å². The highest BCUT2D eigenvalue weighted by Crippen LogP contribution is 2.45. The molecule has 6 rings (SSSR count). The Labute approximate surface area is 238 Å². The van der Waals surface area contributed by atoms with Gasteiger partial charge in [-0.2, -0.15) is 0 Å². The van der Waals surface area contributed by atoms with Gasteiger partial charge < -0.3 is 5.32 Å². The second-order valence-electron chi connectivity index (χ2n) is 11.4. The maximum absolute atomic E-state index is 13.8. The molecule has 0 fully saturated rings. The first-order valence-electron chi connectivity index (χ1n) is 13.4. The van der Waals surface area contributed by atoms with E-state index in [1.165, 1.54) is 15.6 Å². The van der Waals surface area contributed by atoms with Crippen LogP contribution in [0, 0.1) is 11.3 Å². The largest absolute Gasteiger partial charge is 0.322 e. The van der Waals surface area contributed by atoms with Crippen LogP contribution in [0.4, 0.5) is 10.7 Å². The van der Waals surface area contributed by atoms with Crippen LogP contribution in [0.2, 0.25) is 5.02 Å². The number of nitrogens with one attached hydrogen (secondary N) is 1. The van der Waals surface area contributed by atoms with Gasteiger partial charge in [0, 0.05) is 27.4 Å². The van der Waals surface area contributed by atoms with E-state index in [1.807, 2.05) is 18.3 Å². The summed E-state index contributed by atoms with van der Waals surface area (Å²) in [4.78, 5) is 20.1. The van der Waals surface area contributed by atoms with Crippen molar-refractivity contribution in [3.05, 3.63) is 105 Å². The summed E-state index contributed by atoms with van der Waals surface area (Å²) in [5, 5.41) is 9.18. The van der Waals surface area contributed by atoms with Crippen LogP contribution >= 0.6 is 22.9 Å². The van der Waals surface area contributed by atoms with Crippen LogP contribution in [0.5, 0.6) is 0 Å². The van der Waals surface area contributed by atoms with Crippen molar-refractivity contribution >= 4 is 67.3 Å². The number of hydrogen-bond acceptors (Lipinski definition) is 3. The Balaban J connectivity index is 1.46. The van der Waals surface area contributed by atoms with E-state index >= 15 is 0 Å².